The van der Waals surface area contributed by atoms with Crippen LogP contribution in [0, 0.1) is 5.82 Å². The third-order valence-corrected chi connectivity index (χ3v) is 6.30. The second-order valence-electron chi connectivity index (χ2n) is 8.29. The second kappa shape index (κ2) is 7.73. The van der Waals surface area contributed by atoms with Crippen LogP contribution in [0.3, 0.4) is 0 Å². The van der Waals surface area contributed by atoms with Gasteiger partial charge in [-0.05, 0) is 24.6 Å². The first kappa shape index (κ1) is 21.2. The Balaban J connectivity index is 1.63. The maximum absolute atomic E-state index is 15.2. The first-order chi connectivity index (χ1) is 15.9. The van der Waals surface area contributed by atoms with Gasteiger partial charge in [0, 0.05) is 37.2 Å². The van der Waals surface area contributed by atoms with Gasteiger partial charge in [0.15, 0.2) is 11.4 Å². The van der Waals surface area contributed by atoms with E-state index in [1.807, 2.05) is 0 Å². The van der Waals surface area contributed by atoms with Gasteiger partial charge in [-0.3, -0.25) is 4.90 Å². The normalized spacial score (nSPS) is 16.7. The van der Waals surface area contributed by atoms with E-state index in [0.717, 1.165) is 0 Å². The zero-order valence-electron chi connectivity index (χ0n) is 18.6. The van der Waals surface area contributed by atoms with E-state index in [4.69, 9.17) is 9.47 Å². The molecule has 5 rings (SSSR count). The Morgan fingerprint density at radius 2 is 2.12 bits per heavy atom. The van der Waals surface area contributed by atoms with Crippen molar-refractivity contribution in [3.05, 3.63) is 42.0 Å². The van der Waals surface area contributed by atoms with E-state index < -0.39 is 17.5 Å². The Hall–Kier alpha value is -3.66. The van der Waals surface area contributed by atoms with Crippen molar-refractivity contribution in [2.75, 3.05) is 43.6 Å². The monoisotopic (exact) mass is 453 g/mol. The molecule has 3 aromatic rings. The highest BCUT2D eigenvalue weighted by molar-refractivity contribution is 6.00. The van der Waals surface area contributed by atoms with Crippen LogP contribution in [0.1, 0.15) is 12.5 Å². The van der Waals surface area contributed by atoms with Gasteiger partial charge in [-0.1, -0.05) is 6.92 Å². The number of nitrogens with zero attached hydrogens (tertiary/aromatic N) is 4. The van der Waals surface area contributed by atoms with Crippen LogP contribution < -0.4 is 19.9 Å². The van der Waals surface area contributed by atoms with Crippen LogP contribution in [-0.2, 0) is 11.2 Å². The van der Waals surface area contributed by atoms with Crippen molar-refractivity contribution in [2.24, 2.45) is 0 Å². The lowest BCUT2D eigenvalue weighted by atomic mass is 9.97. The van der Waals surface area contributed by atoms with Gasteiger partial charge in [-0.2, -0.15) is 0 Å². The Kier molecular flexibility index (Phi) is 4.97. The summed E-state index contributed by atoms with van der Waals surface area (Å²) in [6.07, 6.45) is 1.29. The molecule has 1 aromatic heterocycles. The standard InChI is InChI=1S/C23H24FN5O4/c1-4-13-18(30)6-5-16(20(13)24)28(2)21-14-7-17(19(32-3)8-15(14)26-12-27-21)29-11-23(9-25-10-23)33-22(29)31/h5-8,12,25,30H,4,9-11H2,1-3H3. The van der Waals surface area contributed by atoms with Crippen molar-refractivity contribution in [1.29, 1.82) is 0 Å². The highest BCUT2D eigenvalue weighted by Crippen LogP contribution is 2.41. The van der Waals surface area contributed by atoms with E-state index >= 15 is 4.39 Å². The highest BCUT2D eigenvalue weighted by atomic mass is 19.1. The van der Waals surface area contributed by atoms with Gasteiger partial charge in [0.1, 0.15) is 23.6 Å². The number of carbonyl (C=O) groups excluding carboxylic acids is 1. The summed E-state index contributed by atoms with van der Waals surface area (Å²) in [4.78, 5) is 24.6. The van der Waals surface area contributed by atoms with Gasteiger partial charge < -0.3 is 24.8 Å². The quantitative estimate of drug-likeness (QED) is 0.608. The van der Waals surface area contributed by atoms with Crippen LogP contribution in [0.2, 0.25) is 0 Å². The molecule has 2 aliphatic rings. The molecule has 2 N–H and O–H groups in total. The lowest BCUT2D eigenvalue weighted by molar-refractivity contribution is 0.0142. The Morgan fingerprint density at radius 1 is 1.33 bits per heavy atom. The van der Waals surface area contributed by atoms with Crippen LogP contribution >= 0.6 is 0 Å². The number of anilines is 3. The molecule has 0 saturated carbocycles. The summed E-state index contributed by atoms with van der Waals surface area (Å²) in [5.74, 6) is 0.324. The number of aromatic hydroxyl groups is 1. The number of hydrogen-bond donors (Lipinski definition) is 2. The average molecular weight is 453 g/mol. The van der Waals surface area contributed by atoms with Crippen molar-refractivity contribution in [3.63, 3.8) is 0 Å². The van der Waals surface area contributed by atoms with E-state index in [0.29, 0.717) is 54.2 Å². The molecule has 9 nitrogen and oxygen atoms in total. The van der Waals surface area contributed by atoms with E-state index in [9.17, 15) is 9.90 Å². The number of hydrogen-bond acceptors (Lipinski definition) is 8. The van der Waals surface area contributed by atoms with Crippen molar-refractivity contribution >= 4 is 34.2 Å². The number of halogens is 1. The zero-order chi connectivity index (χ0) is 23.3. The Morgan fingerprint density at radius 3 is 2.76 bits per heavy atom. The summed E-state index contributed by atoms with van der Waals surface area (Å²) in [5, 5.41) is 13.7. The van der Waals surface area contributed by atoms with Crippen LogP contribution in [0.25, 0.3) is 10.9 Å². The topological polar surface area (TPSA) is 100 Å². The molecule has 0 unspecified atom stereocenters. The van der Waals surface area contributed by atoms with E-state index in [1.54, 1.807) is 35.9 Å². The predicted molar refractivity (Wildman–Crippen MR) is 121 cm³/mol. The molecule has 10 heteroatoms. The molecule has 0 radical (unpaired) electrons. The lowest BCUT2D eigenvalue weighted by Gasteiger charge is -2.36. The number of carbonyl (C=O) groups is 1. The molecule has 172 valence electrons. The van der Waals surface area contributed by atoms with Crippen molar-refractivity contribution in [1.82, 2.24) is 15.3 Å². The van der Waals surface area contributed by atoms with Gasteiger partial charge in [0.25, 0.3) is 0 Å². The maximum Gasteiger partial charge on any atom is 0.415 e. The third-order valence-electron chi connectivity index (χ3n) is 6.30. The molecule has 2 saturated heterocycles. The fourth-order valence-electron chi connectivity index (χ4n) is 4.41. The summed E-state index contributed by atoms with van der Waals surface area (Å²) < 4.78 is 26.3. The first-order valence-electron chi connectivity index (χ1n) is 10.7. The maximum atomic E-state index is 15.2. The van der Waals surface area contributed by atoms with E-state index in [2.05, 4.69) is 15.3 Å². The number of phenolic OH excluding ortho intramolecular Hbond substituents is 1. The van der Waals surface area contributed by atoms with Crippen LogP contribution in [0.5, 0.6) is 11.5 Å². The smallest absolute Gasteiger partial charge is 0.415 e. The minimum absolute atomic E-state index is 0.0846. The van der Waals surface area contributed by atoms with Crippen LogP contribution in [-0.4, -0.2) is 60.6 Å². The first-order valence-corrected chi connectivity index (χ1v) is 10.7. The third kappa shape index (κ3) is 3.29. The molecule has 33 heavy (non-hydrogen) atoms. The summed E-state index contributed by atoms with van der Waals surface area (Å²) in [6, 6.07) is 6.47. The van der Waals surface area contributed by atoms with Gasteiger partial charge in [0.05, 0.1) is 30.5 Å². The minimum atomic E-state index is -0.532. The number of phenols is 1. The molecular weight excluding hydrogens is 429 g/mol. The number of fused-ring (bicyclic) bond motifs is 1. The van der Waals surface area contributed by atoms with Gasteiger partial charge in [0.2, 0.25) is 0 Å². The molecule has 2 aliphatic heterocycles. The van der Waals surface area contributed by atoms with E-state index in [-0.39, 0.29) is 17.0 Å². The molecule has 3 heterocycles. The number of aromatic nitrogens is 2. The zero-order valence-corrected chi connectivity index (χ0v) is 18.6. The fraction of sp³-hybridized carbons (Fsp3) is 0.348. The molecule has 1 amide bonds. The van der Waals surface area contributed by atoms with Crippen molar-refractivity contribution < 1.29 is 23.8 Å². The van der Waals surface area contributed by atoms with Gasteiger partial charge in [-0.25, -0.2) is 19.2 Å². The highest BCUT2D eigenvalue weighted by Gasteiger charge is 2.50. The van der Waals surface area contributed by atoms with Crippen LogP contribution in [0.15, 0.2) is 30.6 Å². The summed E-state index contributed by atoms with van der Waals surface area (Å²) >= 11 is 0. The molecular formula is C23H24FN5O4. The molecule has 1 spiro atoms. The van der Waals surface area contributed by atoms with Gasteiger partial charge >= 0.3 is 6.09 Å². The molecule has 0 aliphatic carbocycles. The van der Waals surface area contributed by atoms with E-state index in [1.165, 1.54) is 25.6 Å². The number of nitrogens with one attached hydrogen (secondary N) is 1. The summed E-state index contributed by atoms with van der Waals surface area (Å²) in [6.45, 7) is 3.37. The van der Waals surface area contributed by atoms with Crippen molar-refractivity contribution in [3.8, 4) is 11.5 Å². The second-order valence-corrected chi connectivity index (χ2v) is 8.29. The molecule has 0 bridgehead atoms. The molecule has 0 atom stereocenters. The minimum Gasteiger partial charge on any atom is -0.508 e. The number of benzene rings is 2. The lowest BCUT2D eigenvalue weighted by Crippen LogP contribution is -2.61. The Bertz CT molecular complexity index is 1260. The molecule has 2 fully saturated rings. The predicted octanol–water partition coefficient (Wildman–Crippen LogP) is 3.11. The fourth-order valence-corrected chi connectivity index (χ4v) is 4.41. The molecule has 2 aromatic carbocycles. The van der Waals surface area contributed by atoms with Gasteiger partial charge in [-0.15, -0.1) is 0 Å². The largest absolute Gasteiger partial charge is 0.508 e. The number of amides is 1. The number of ether oxygens (including phenoxy) is 2. The number of methoxy groups -OCH3 is 1. The average Bonchev–Trinajstić information content (AvgIpc) is 3.15. The SMILES string of the molecule is CCc1c(O)ccc(N(C)c2ncnc3cc(OC)c(N4CC5(CNC5)OC4=O)cc23)c1F. The summed E-state index contributed by atoms with van der Waals surface area (Å²) in [5.41, 5.74) is 1.08. The van der Waals surface area contributed by atoms with Crippen LogP contribution in [0.4, 0.5) is 26.4 Å². The Labute approximate surface area is 189 Å². The number of rotatable bonds is 5. The summed E-state index contributed by atoms with van der Waals surface area (Å²) in [7, 11) is 3.22. The van der Waals surface area contributed by atoms with Crippen molar-refractivity contribution in [2.45, 2.75) is 18.9 Å².